The van der Waals surface area contributed by atoms with E-state index >= 15 is 0 Å². The fraction of sp³-hybridized carbons (Fsp3) is 0.185. The van der Waals surface area contributed by atoms with Crippen LogP contribution in [0.4, 0.5) is 17.1 Å². The third-order valence-corrected chi connectivity index (χ3v) is 8.96. The number of fused-ring (bicyclic) bond motifs is 4. The Balaban J connectivity index is 1.33. The molecule has 9 heteroatoms. The van der Waals surface area contributed by atoms with Crippen LogP contribution >= 0.6 is 23.5 Å². The number of nitro groups is 1. The van der Waals surface area contributed by atoms with E-state index in [2.05, 4.69) is 24.0 Å². The molecule has 3 aliphatic rings. The normalized spacial score (nSPS) is 19.2. The number of aliphatic imine (C=N–C) groups is 1. The van der Waals surface area contributed by atoms with Gasteiger partial charge < -0.3 is 4.90 Å². The van der Waals surface area contributed by atoms with Gasteiger partial charge in [-0.1, -0.05) is 30.0 Å². The van der Waals surface area contributed by atoms with Crippen molar-refractivity contribution < 1.29 is 9.72 Å². The Bertz CT molecular complexity index is 1510. The van der Waals surface area contributed by atoms with Crippen molar-refractivity contribution in [2.75, 3.05) is 18.0 Å². The third-order valence-electron chi connectivity index (χ3n) is 6.58. The Morgan fingerprint density at radius 1 is 0.944 bits per heavy atom. The second-order valence-electron chi connectivity index (χ2n) is 8.61. The number of para-hydroxylation sites is 1. The fourth-order valence-electron chi connectivity index (χ4n) is 4.89. The highest BCUT2D eigenvalue weighted by molar-refractivity contribution is 8.19. The summed E-state index contributed by atoms with van der Waals surface area (Å²) in [6.45, 7) is 5.36. The lowest BCUT2D eigenvalue weighted by molar-refractivity contribution is -0.384. The van der Waals surface area contributed by atoms with Crippen LogP contribution < -0.4 is 4.90 Å². The van der Waals surface area contributed by atoms with Crippen molar-refractivity contribution in [1.82, 2.24) is 4.90 Å². The van der Waals surface area contributed by atoms with Gasteiger partial charge in [-0.15, -0.1) is 0 Å². The number of rotatable bonds is 4. The van der Waals surface area contributed by atoms with E-state index in [-0.39, 0.29) is 16.5 Å². The number of thioether (sulfide) groups is 2. The SMILES string of the molecule is CCN1C(=O)C(=C2Sc3ccccc3N2CC)SC1=Nc1ccc2c(c1)Cc1cc([N+](=O)[O-])ccc1-2. The van der Waals surface area contributed by atoms with Gasteiger partial charge in [0.25, 0.3) is 11.6 Å². The molecule has 1 fully saturated rings. The highest BCUT2D eigenvalue weighted by Gasteiger charge is 2.39. The maximum atomic E-state index is 13.4. The number of benzene rings is 3. The summed E-state index contributed by atoms with van der Waals surface area (Å²) in [6.07, 6.45) is 0.629. The summed E-state index contributed by atoms with van der Waals surface area (Å²) in [7, 11) is 0. The average Bonchev–Trinajstić information content (AvgIpc) is 3.53. The minimum atomic E-state index is -0.360. The van der Waals surface area contributed by atoms with Gasteiger partial charge in [0.05, 0.1) is 16.3 Å². The summed E-state index contributed by atoms with van der Waals surface area (Å²) in [4.78, 5) is 34.9. The van der Waals surface area contributed by atoms with Crippen LogP contribution in [-0.4, -0.2) is 34.0 Å². The van der Waals surface area contributed by atoms with Gasteiger partial charge in [0, 0.05) is 30.1 Å². The Morgan fingerprint density at radius 2 is 1.67 bits per heavy atom. The summed E-state index contributed by atoms with van der Waals surface area (Å²) < 4.78 is 0. The van der Waals surface area contributed by atoms with Crippen molar-refractivity contribution in [2.45, 2.75) is 25.2 Å². The molecule has 0 aromatic heterocycles. The van der Waals surface area contributed by atoms with Crippen LogP contribution in [0.15, 0.2) is 80.5 Å². The molecule has 0 N–H and O–H groups in total. The Hall–Kier alpha value is -3.56. The van der Waals surface area contributed by atoms with E-state index in [0.29, 0.717) is 23.0 Å². The standard InChI is InChI=1S/C27H22N4O3S2/c1-3-29-22-7-5-6-8-23(22)35-26(29)24-25(32)30(4-2)27(36-24)28-18-9-11-20-16(14-18)13-17-15-19(31(33)34)10-12-21(17)20/h5-12,14-15H,3-4,13H2,1-2H3. The number of likely N-dealkylation sites (N-methyl/N-ethyl adjacent to an activating group) is 1. The van der Waals surface area contributed by atoms with Crippen molar-refractivity contribution in [1.29, 1.82) is 0 Å². The molecule has 3 aromatic rings. The van der Waals surface area contributed by atoms with E-state index in [1.165, 1.54) is 11.8 Å². The molecule has 180 valence electrons. The van der Waals surface area contributed by atoms with Gasteiger partial charge in [0.1, 0.15) is 9.93 Å². The van der Waals surface area contributed by atoms with E-state index < -0.39 is 0 Å². The number of anilines is 1. The summed E-state index contributed by atoms with van der Waals surface area (Å²) in [5.41, 5.74) is 6.15. The quantitative estimate of drug-likeness (QED) is 0.175. The number of carbonyl (C=O) groups excluding carboxylic acids is 1. The number of nitro benzene ring substituents is 1. The molecular formula is C27H22N4O3S2. The zero-order chi connectivity index (χ0) is 25.0. The molecule has 36 heavy (non-hydrogen) atoms. The molecule has 2 heterocycles. The highest BCUT2D eigenvalue weighted by Crippen LogP contribution is 2.50. The summed E-state index contributed by atoms with van der Waals surface area (Å²) in [5.74, 6) is -0.0177. The zero-order valence-corrected chi connectivity index (χ0v) is 21.4. The molecule has 0 unspecified atom stereocenters. The number of carbonyl (C=O) groups is 1. The second kappa shape index (κ2) is 8.83. The summed E-state index contributed by atoms with van der Waals surface area (Å²) in [5, 5.41) is 12.8. The molecule has 1 aliphatic carbocycles. The minimum absolute atomic E-state index is 0.0177. The van der Waals surface area contributed by atoms with Crippen LogP contribution in [0.25, 0.3) is 11.1 Å². The maximum Gasteiger partial charge on any atom is 0.269 e. The van der Waals surface area contributed by atoms with Crippen LogP contribution in [0.2, 0.25) is 0 Å². The number of amidine groups is 1. The summed E-state index contributed by atoms with van der Waals surface area (Å²) >= 11 is 3.06. The van der Waals surface area contributed by atoms with E-state index in [9.17, 15) is 14.9 Å². The number of amides is 1. The molecule has 0 atom stereocenters. The van der Waals surface area contributed by atoms with Gasteiger partial charge in [-0.05, 0) is 84.6 Å². The molecule has 1 saturated heterocycles. The Morgan fingerprint density at radius 3 is 2.42 bits per heavy atom. The first kappa shape index (κ1) is 22.9. The predicted molar refractivity (Wildman–Crippen MR) is 146 cm³/mol. The molecule has 7 nitrogen and oxygen atoms in total. The van der Waals surface area contributed by atoms with Crippen LogP contribution in [-0.2, 0) is 11.2 Å². The Labute approximate surface area is 217 Å². The average molecular weight is 515 g/mol. The van der Waals surface area contributed by atoms with Gasteiger partial charge in [-0.25, -0.2) is 4.99 Å². The molecule has 2 aliphatic heterocycles. The lowest BCUT2D eigenvalue weighted by Gasteiger charge is -2.19. The van der Waals surface area contributed by atoms with E-state index in [0.717, 1.165) is 50.1 Å². The van der Waals surface area contributed by atoms with E-state index in [1.54, 1.807) is 28.8 Å². The van der Waals surface area contributed by atoms with Gasteiger partial charge in [-0.2, -0.15) is 0 Å². The molecule has 0 bridgehead atoms. The molecule has 0 saturated carbocycles. The van der Waals surface area contributed by atoms with Crippen LogP contribution in [0.1, 0.15) is 25.0 Å². The van der Waals surface area contributed by atoms with Gasteiger partial charge in [-0.3, -0.25) is 19.8 Å². The molecule has 1 amide bonds. The second-order valence-corrected chi connectivity index (χ2v) is 10.6. The number of nitrogens with zero attached hydrogens (tertiary/aromatic N) is 4. The molecule has 3 aromatic carbocycles. The van der Waals surface area contributed by atoms with Crippen LogP contribution in [0.3, 0.4) is 0 Å². The molecular weight excluding hydrogens is 492 g/mol. The zero-order valence-electron chi connectivity index (χ0n) is 19.7. The van der Waals surface area contributed by atoms with Gasteiger partial charge >= 0.3 is 0 Å². The van der Waals surface area contributed by atoms with Crippen molar-refractivity contribution >= 4 is 51.7 Å². The predicted octanol–water partition coefficient (Wildman–Crippen LogP) is 6.55. The first-order chi connectivity index (χ1) is 17.5. The van der Waals surface area contributed by atoms with Crippen LogP contribution in [0, 0.1) is 10.1 Å². The third kappa shape index (κ3) is 3.61. The van der Waals surface area contributed by atoms with Crippen LogP contribution in [0.5, 0.6) is 0 Å². The topological polar surface area (TPSA) is 79.0 Å². The van der Waals surface area contributed by atoms with Crippen molar-refractivity contribution in [3.8, 4) is 11.1 Å². The molecule has 6 rings (SSSR count). The fourth-order valence-corrected chi connectivity index (χ4v) is 7.35. The monoisotopic (exact) mass is 514 g/mol. The summed E-state index contributed by atoms with van der Waals surface area (Å²) in [6, 6.07) is 19.2. The lowest BCUT2D eigenvalue weighted by atomic mass is 10.1. The number of hydrogen-bond acceptors (Lipinski definition) is 7. The van der Waals surface area contributed by atoms with Crippen molar-refractivity contribution in [2.24, 2.45) is 4.99 Å². The Kier molecular flexibility index (Phi) is 5.61. The van der Waals surface area contributed by atoms with Gasteiger partial charge in [0.15, 0.2) is 5.17 Å². The highest BCUT2D eigenvalue weighted by atomic mass is 32.2. The van der Waals surface area contributed by atoms with E-state index in [1.807, 2.05) is 43.3 Å². The van der Waals surface area contributed by atoms with Crippen molar-refractivity contribution in [3.63, 3.8) is 0 Å². The maximum absolute atomic E-state index is 13.4. The smallest absolute Gasteiger partial charge is 0.269 e. The molecule has 0 radical (unpaired) electrons. The largest absolute Gasteiger partial charge is 0.334 e. The first-order valence-corrected chi connectivity index (χ1v) is 13.4. The number of hydrogen-bond donors (Lipinski definition) is 0. The lowest BCUT2D eigenvalue weighted by Crippen LogP contribution is -2.29. The van der Waals surface area contributed by atoms with Crippen molar-refractivity contribution in [3.05, 3.63) is 91.8 Å². The minimum Gasteiger partial charge on any atom is -0.334 e. The number of non-ortho nitro benzene ring substituents is 1. The van der Waals surface area contributed by atoms with E-state index in [4.69, 9.17) is 4.99 Å². The first-order valence-electron chi connectivity index (χ1n) is 11.8. The van der Waals surface area contributed by atoms with Gasteiger partial charge in [0.2, 0.25) is 0 Å². The molecule has 0 spiro atoms.